The lowest BCUT2D eigenvalue weighted by Crippen LogP contribution is -2.29. The second-order valence-corrected chi connectivity index (χ2v) is 7.60. The molecule has 0 saturated heterocycles. The van der Waals surface area contributed by atoms with Gasteiger partial charge < -0.3 is 20.5 Å². The molecular formula is C21H44N2O5. The van der Waals surface area contributed by atoms with Crippen molar-refractivity contribution in [1.82, 2.24) is 5.32 Å². The number of nitrogens with one attached hydrogen (secondary N) is 1. The van der Waals surface area contributed by atoms with Gasteiger partial charge in [-0.3, -0.25) is 14.4 Å². The van der Waals surface area contributed by atoms with E-state index in [4.69, 9.17) is 15.2 Å². The SMILES string of the molecule is CC(C)C(=O)C1CCCCC1.CCC(C)OCCC(=O)NCCOCC(N)=O.[HH].[HH]. The summed E-state index contributed by atoms with van der Waals surface area (Å²) in [5, 5.41) is 2.65. The van der Waals surface area contributed by atoms with Gasteiger partial charge in [0, 0.05) is 27.7 Å². The molecule has 0 aliphatic heterocycles. The van der Waals surface area contributed by atoms with Crippen LogP contribution in [0, 0.1) is 11.8 Å². The number of carbonyl (C=O) groups is 3. The van der Waals surface area contributed by atoms with E-state index in [-0.39, 0.29) is 34.0 Å². The molecule has 0 bridgehead atoms. The molecule has 3 N–H and O–H groups in total. The zero-order chi connectivity index (χ0) is 21.4. The van der Waals surface area contributed by atoms with E-state index in [2.05, 4.69) is 5.32 Å². The predicted molar refractivity (Wildman–Crippen MR) is 114 cm³/mol. The van der Waals surface area contributed by atoms with Gasteiger partial charge in [0.05, 0.1) is 19.3 Å². The Labute approximate surface area is 173 Å². The first kappa shape index (κ1) is 26.5. The minimum atomic E-state index is -0.515. The lowest BCUT2D eigenvalue weighted by molar-refractivity contribution is -0.127. The molecule has 1 aliphatic carbocycles. The van der Waals surface area contributed by atoms with Crippen molar-refractivity contribution in [3.8, 4) is 0 Å². The number of Topliss-reactive ketones (excluding diaryl/α,β-unsaturated/α-hetero) is 1. The molecule has 1 aliphatic rings. The van der Waals surface area contributed by atoms with Crippen molar-refractivity contribution < 1.29 is 26.7 Å². The summed E-state index contributed by atoms with van der Waals surface area (Å²) in [6.45, 7) is 8.97. The third-order valence-corrected chi connectivity index (χ3v) is 4.70. The number of carbonyl (C=O) groups excluding carboxylic acids is 3. The first-order valence-electron chi connectivity index (χ1n) is 10.6. The molecule has 0 heterocycles. The fraction of sp³-hybridized carbons (Fsp3) is 0.857. The Morgan fingerprint density at radius 3 is 2.29 bits per heavy atom. The number of nitrogens with two attached hydrogens (primary N) is 1. The molecule has 7 nitrogen and oxygen atoms in total. The maximum atomic E-state index is 11.5. The number of ether oxygens (including phenoxy) is 2. The molecule has 0 radical (unpaired) electrons. The Kier molecular flexibility index (Phi) is 15.6. The van der Waals surface area contributed by atoms with E-state index >= 15 is 0 Å². The van der Waals surface area contributed by atoms with Gasteiger partial charge >= 0.3 is 0 Å². The van der Waals surface area contributed by atoms with Crippen LogP contribution in [0.15, 0.2) is 0 Å². The summed E-state index contributed by atoms with van der Waals surface area (Å²) in [6.07, 6.45) is 7.62. The third kappa shape index (κ3) is 14.6. The molecule has 28 heavy (non-hydrogen) atoms. The van der Waals surface area contributed by atoms with E-state index in [9.17, 15) is 14.4 Å². The molecule has 168 valence electrons. The van der Waals surface area contributed by atoms with Crippen LogP contribution in [0.25, 0.3) is 0 Å². The highest BCUT2D eigenvalue weighted by atomic mass is 16.5. The number of amides is 2. The maximum Gasteiger partial charge on any atom is 0.243 e. The highest BCUT2D eigenvalue weighted by Gasteiger charge is 2.22. The van der Waals surface area contributed by atoms with Crippen LogP contribution < -0.4 is 11.1 Å². The van der Waals surface area contributed by atoms with Crippen LogP contribution in [0.5, 0.6) is 0 Å². The Balaban J connectivity index is -0.000000489. The Morgan fingerprint density at radius 1 is 1.11 bits per heavy atom. The van der Waals surface area contributed by atoms with Gasteiger partial charge in [-0.15, -0.1) is 0 Å². The van der Waals surface area contributed by atoms with Gasteiger partial charge in [0.25, 0.3) is 0 Å². The standard InChI is InChI=1S/C11H22N2O4.C10H18O.2H2/c1-3-9(2)17-6-4-11(15)13-5-7-16-8-10(12)14;1-8(2)10(11)9-6-4-3-5-7-9;;/h9H,3-8H2,1-2H3,(H2,12,14)(H,13,15);8-9H,3-7H2,1-2H3;2*1H. The summed E-state index contributed by atoms with van der Waals surface area (Å²) >= 11 is 0. The smallest absolute Gasteiger partial charge is 0.243 e. The molecule has 2 amide bonds. The van der Waals surface area contributed by atoms with Crippen molar-refractivity contribution in [2.24, 2.45) is 17.6 Å². The van der Waals surface area contributed by atoms with Crippen molar-refractivity contribution in [2.45, 2.75) is 78.7 Å². The van der Waals surface area contributed by atoms with Crippen molar-refractivity contribution in [3.63, 3.8) is 0 Å². The Bertz CT molecular complexity index is 459. The fourth-order valence-electron chi connectivity index (χ4n) is 2.85. The van der Waals surface area contributed by atoms with E-state index in [1.54, 1.807) is 0 Å². The molecule has 0 aromatic rings. The minimum Gasteiger partial charge on any atom is -0.378 e. The summed E-state index contributed by atoms with van der Waals surface area (Å²) in [7, 11) is 0. The molecule has 1 rings (SSSR count). The van der Waals surface area contributed by atoms with E-state index in [1.165, 1.54) is 19.3 Å². The van der Waals surface area contributed by atoms with Gasteiger partial charge in [-0.25, -0.2) is 0 Å². The van der Waals surface area contributed by atoms with Crippen molar-refractivity contribution in [1.29, 1.82) is 0 Å². The molecule has 0 aromatic carbocycles. The molecule has 1 fully saturated rings. The number of hydrogen-bond acceptors (Lipinski definition) is 5. The minimum absolute atomic E-state index is 0. The van der Waals surface area contributed by atoms with Crippen LogP contribution in [0.3, 0.4) is 0 Å². The van der Waals surface area contributed by atoms with Crippen LogP contribution in [0.1, 0.15) is 75.5 Å². The van der Waals surface area contributed by atoms with Gasteiger partial charge in [-0.05, 0) is 26.2 Å². The zero-order valence-corrected chi connectivity index (χ0v) is 18.1. The second kappa shape index (κ2) is 16.5. The summed E-state index contributed by atoms with van der Waals surface area (Å²) in [6, 6.07) is 0. The number of rotatable bonds is 12. The summed E-state index contributed by atoms with van der Waals surface area (Å²) in [5.74, 6) is 0.542. The van der Waals surface area contributed by atoms with Crippen LogP contribution >= 0.6 is 0 Å². The van der Waals surface area contributed by atoms with Gasteiger partial charge in [-0.1, -0.05) is 40.0 Å². The first-order chi connectivity index (χ1) is 13.3. The number of ketones is 1. The van der Waals surface area contributed by atoms with Crippen LogP contribution in [-0.4, -0.2) is 50.1 Å². The molecular weight excluding hydrogens is 360 g/mol. The van der Waals surface area contributed by atoms with Gasteiger partial charge in [0.15, 0.2) is 0 Å². The first-order valence-corrected chi connectivity index (χ1v) is 10.6. The van der Waals surface area contributed by atoms with Crippen molar-refractivity contribution >= 4 is 17.6 Å². The van der Waals surface area contributed by atoms with Crippen molar-refractivity contribution in [3.05, 3.63) is 0 Å². The van der Waals surface area contributed by atoms with E-state index in [0.29, 0.717) is 31.3 Å². The van der Waals surface area contributed by atoms with Crippen LogP contribution in [0.4, 0.5) is 0 Å². The molecule has 7 heteroatoms. The van der Waals surface area contributed by atoms with Crippen LogP contribution in [0.2, 0.25) is 0 Å². The lowest BCUT2D eigenvalue weighted by atomic mass is 9.83. The summed E-state index contributed by atoms with van der Waals surface area (Å²) < 4.78 is 10.3. The average molecular weight is 405 g/mol. The van der Waals surface area contributed by atoms with Gasteiger partial charge in [0.2, 0.25) is 11.8 Å². The lowest BCUT2D eigenvalue weighted by Gasteiger charge is -2.21. The van der Waals surface area contributed by atoms with Crippen LogP contribution in [-0.2, 0) is 23.9 Å². The molecule has 1 unspecified atom stereocenters. The largest absolute Gasteiger partial charge is 0.378 e. The Morgan fingerprint density at radius 2 is 1.75 bits per heavy atom. The molecule has 0 aromatic heterocycles. The monoisotopic (exact) mass is 404 g/mol. The normalized spacial score (nSPS) is 15.5. The summed E-state index contributed by atoms with van der Waals surface area (Å²) in [4.78, 5) is 33.1. The Hall–Kier alpha value is -1.47. The van der Waals surface area contributed by atoms with E-state index in [0.717, 1.165) is 19.3 Å². The highest BCUT2D eigenvalue weighted by Crippen LogP contribution is 2.26. The molecule has 1 atom stereocenters. The topological polar surface area (TPSA) is 108 Å². The fourth-order valence-corrected chi connectivity index (χ4v) is 2.85. The third-order valence-electron chi connectivity index (χ3n) is 4.70. The average Bonchev–Trinajstić information content (AvgIpc) is 2.67. The molecule has 1 saturated carbocycles. The van der Waals surface area contributed by atoms with E-state index in [1.807, 2.05) is 27.7 Å². The highest BCUT2D eigenvalue weighted by molar-refractivity contribution is 5.82. The van der Waals surface area contributed by atoms with Gasteiger partial charge in [0.1, 0.15) is 12.4 Å². The second-order valence-electron chi connectivity index (χ2n) is 7.60. The van der Waals surface area contributed by atoms with E-state index < -0.39 is 5.91 Å². The quantitative estimate of drug-likeness (QED) is 0.486. The van der Waals surface area contributed by atoms with Crippen molar-refractivity contribution in [2.75, 3.05) is 26.4 Å². The summed E-state index contributed by atoms with van der Waals surface area (Å²) in [5.41, 5.74) is 4.87. The number of primary amides is 1. The molecule has 0 spiro atoms. The number of hydrogen-bond donors (Lipinski definition) is 2. The predicted octanol–water partition coefficient (Wildman–Crippen LogP) is 3.09. The van der Waals surface area contributed by atoms with Gasteiger partial charge in [-0.2, -0.15) is 0 Å². The maximum absolute atomic E-state index is 11.5. The zero-order valence-electron chi connectivity index (χ0n) is 18.1.